The Hall–Kier alpha value is -2.47. The second-order valence-electron chi connectivity index (χ2n) is 5.75. The monoisotopic (exact) mass is 330 g/mol. The van der Waals surface area contributed by atoms with Crippen LogP contribution in [0.25, 0.3) is 0 Å². The van der Waals surface area contributed by atoms with Crippen molar-refractivity contribution in [1.29, 1.82) is 0 Å². The second kappa shape index (κ2) is 7.88. The normalized spacial score (nSPS) is 16.8. The van der Waals surface area contributed by atoms with Gasteiger partial charge in [0.25, 0.3) is 0 Å². The molecule has 0 radical (unpaired) electrons. The Morgan fingerprint density at radius 2 is 2.17 bits per heavy atom. The molecule has 6 nitrogen and oxygen atoms in total. The van der Waals surface area contributed by atoms with Crippen LogP contribution in [0.1, 0.15) is 18.6 Å². The molecule has 1 aliphatic rings. The maximum absolute atomic E-state index is 12.7. The number of rotatable bonds is 6. The quantitative estimate of drug-likeness (QED) is 0.880. The minimum absolute atomic E-state index is 0.0848. The molecule has 0 unspecified atom stereocenters. The molecule has 2 aromatic rings. The predicted octanol–water partition coefficient (Wildman–Crippen LogP) is 3.50. The predicted molar refractivity (Wildman–Crippen MR) is 90.1 cm³/mol. The zero-order chi connectivity index (χ0) is 16.8. The van der Waals surface area contributed by atoms with Crippen molar-refractivity contribution in [1.82, 2.24) is 4.90 Å². The summed E-state index contributed by atoms with van der Waals surface area (Å²) < 4.78 is 16.2. The summed E-state index contributed by atoms with van der Waals surface area (Å²) in [4.78, 5) is 14.4. The van der Waals surface area contributed by atoms with Crippen LogP contribution in [0.15, 0.2) is 47.1 Å². The Morgan fingerprint density at radius 3 is 2.79 bits per heavy atom. The molecular formula is C18H22N2O4. The van der Waals surface area contributed by atoms with Crippen LogP contribution in [0.3, 0.4) is 0 Å². The van der Waals surface area contributed by atoms with E-state index >= 15 is 0 Å². The molecular weight excluding hydrogens is 308 g/mol. The molecule has 24 heavy (non-hydrogen) atoms. The van der Waals surface area contributed by atoms with Gasteiger partial charge in [-0.15, -0.1) is 0 Å². The number of benzene rings is 1. The number of hydrogen-bond acceptors (Lipinski definition) is 4. The molecule has 128 valence electrons. The van der Waals surface area contributed by atoms with E-state index in [1.165, 1.54) is 0 Å². The number of nitrogens with zero attached hydrogens (tertiary/aromatic N) is 1. The van der Waals surface area contributed by atoms with Crippen molar-refractivity contribution < 1.29 is 18.7 Å². The van der Waals surface area contributed by atoms with Crippen LogP contribution in [0.4, 0.5) is 10.5 Å². The van der Waals surface area contributed by atoms with Crippen LogP contribution in [-0.2, 0) is 11.3 Å². The van der Waals surface area contributed by atoms with Crippen LogP contribution >= 0.6 is 0 Å². The van der Waals surface area contributed by atoms with Gasteiger partial charge >= 0.3 is 6.03 Å². The molecule has 1 N–H and O–H groups in total. The largest absolute Gasteiger partial charge is 0.497 e. The van der Waals surface area contributed by atoms with Crippen molar-refractivity contribution in [3.63, 3.8) is 0 Å². The number of carbonyl (C=O) groups excluding carboxylic acids is 1. The van der Waals surface area contributed by atoms with Gasteiger partial charge in [-0.05, 0) is 49.2 Å². The van der Waals surface area contributed by atoms with Crippen LogP contribution in [0, 0.1) is 0 Å². The molecule has 1 fully saturated rings. The van der Waals surface area contributed by atoms with Crippen molar-refractivity contribution in [3.8, 4) is 5.75 Å². The standard InChI is InChI=1S/C18H22N2O4/c1-22-15-8-6-14(7-9-15)19-18(21)20(12-16-4-2-10-23-16)13-17-5-3-11-24-17/h2,4,6-10,17H,3,5,11-13H2,1H3,(H,19,21)/t17-/m0/s1. The molecule has 2 heterocycles. The molecule has 1 aromatic heterocycles. The molecule has 1 aromatic carbocycles. The SMILES string of the molecule is COc1ccc(NC(=O)N(Cc2ccco2)C[C@@H]2CCCO2)cc1. The average Bonchev–Trinajstić information content (AvgIpc) is 3.29. The summed E-state index contributed by atoms with van der Waals surface area (Å²) in [6.07, 6.45) is 3.71. The molecule has 1 atom stereocenters. The van der Waals surface area contributed by atoms with Crippen LogP contribution in [0.5, 0.6) is 5.75 Å². The highest BCUT2D eigenvalue weighted by Crippen LogP contribution is 2.18. The molecule has 1 aliphatic heterocycles. The average molecular weight is 330 g/mol. The number of anilines is 1. The molecule has 0 saturated carbocycles. The number of methoxy groups -OCH3 is 1. The summed E-state index contributed by atoms with van der Waals surface area (Å²) in [5.41, 5.74) is 0.720. The Kier molecular flexibility index (Phi) is 5.38. The zero-order valence-electron chi connectivity index (χ0n) is 13.7. The number of amides is 2. The van der Waals surface area contributed by atoms with Crippen molar-refractivity contribution in [2.45, 2.75) is 25.5 Å². The summed E-state index contributed by atoms with van der Waals surface area (Å²) in [7, 11) is 1.61. The van der Waals surface area contributed by atoms with Gasteiger partial charge in [-0.2, -0.15) is 0 Å². The van der Waals surface area contributed by atoms with Gasteiger partial charge < -0.3 is 24.1 Å². The van der Waals surface area contributed by atoms with E-state index in [0.29, 0.717) is 13.1 Å². The second-order valence-corrected chi connectivity index (χ2v) is 5.75. The fraction of sp³-hybridized carbons (Fsp3) is 0.389. The lowest BCUT2D eigenvalue weighted by Crippen LogP contribution is -2.39. The highest BCUT2D eigenvalue weighted by Gasteiger charge is 2.23. The lowest BCUT2D eigenvalue weighted by molar-refractivity contribution is 0.0803. The third-order valence-corrected chi connectivity index (χ3v) is 4.00. The first kappa shape index (κ1) is 16.4. The number of ether oxygens (including phenoxy) is 2. The molecule has 2 amide bonds. The summed E-state index contributed by atoms with van der Waals surface area (Å²) in [5, 5.41) is 2.91. The lowest BCUT2D eigenvalue weighted by Gasteiger charge is -2.25. The number of carbonyl (C=O) groups is 1. The fourth-order valence-electron chi connectivity index (χ4n) is 2.72. The highest BCUT2D eigenvalue weighted by atomic mass is 16.5. The number of urea groups is 1. The van der Waals surface area contributed by atoms with Crippen molar-refractivity contribution in [2.75, 3.05) is 25.6 Å². The van der Waals surface area contributed by atoms with Crippen molar-refractivity contribution >= 4 is 11.7 Å². The van der Waals surface area contributed by atoms with E-state index in [9.17, 15) is 4.79 Å². The first-order chi connectivity index (χ1) is 11.7. The first-order valence-electron chi connectivity index (χ1n) is 8.08. The molecule has 1 saturated heterocycles. The van der Waals surface area contributed by atoms with E-state index in [0.717, 1.165) is 36.6 Å². The minimum atomic E-state index is -0.174. The Morgan fingerprint density at radius 1 is 1.33 bits per heavy atom. The van der Waals surface area contributed by atoms with E-state index in [1.54, 1.807) is 18.3 Å². The number of nitrogens with one attached hydrogen (secondary N) is 1. The van der Waals surface area contributed by atoms with Gasteiger partial charge in [0.1, 0.15) is 11.5 Å². The van der Waals surface area contributed by atoms with Crippen molar-refractivity contribution in [3.05, 3.63) is 48.4 Å². The number of furan rings is 1. The first-order valence-corrected chi connectivity index (χ1v) is 8.08. The zero-order valence-corrected chi connectivity index (χ0v) is 13.7. The van der Waals surface area contributed by atoms with Gasteiger partial charge in [-0.25, -0.2) is 4.79 Å². The van der Waals surface area contributed by atoms with Gasteiger partial charge in [-0.3, -0.25) is 0 Å². The van der Waals surface area contributed by atoms with Crippen LogP contribution < -0.4 is 10.1 Å². The van der Waals surface area contributed by atoms with E-state index in [2.05, 4.69) is 5.32 Å². The maximum Gasteiger partial charge on any atom is 0.322 e. The molecule has 0 spiro atoms. The summed E-state index contributed by atoms with van der Waals surface area (Å²) in [6, 6.07) is 10.8. The van der Waals surface area contributed by atoms with Crippen LogP contribution in [0.2, 0.25) is 0 Å². The topological polar surface area (TPSA) is 63.9 Å². The Labute approximate surface area is 141 Å². The summed E-state index contributed by atoms with van der Waals surface area (Å²) >= 11 is 0. The smallest absolute Gasteiger partial charge is 0.322 e. The Bertz CT molecular complexity index is 634. The van der Waals surface area contributed by atoms with Gasteiger partial charge in [0.2, 0.25) is 0 Å². The van der Waals surface area contributed by atoms with E-state index in [1.807, 2.05) is 36.4 Å². The highest BCUT2D eigenvalue weighted by molar-refractivity contribution is 5.89. The third-order valence-electron chi connectivity index (χ3n) is 4.00. The summed E-state index contributed by atoms with van der Waals surface area (Å²) in [6.45, 7) is 1.72. The van der Waals surface area contributed by atoms with E-state index in [4.69, 9.17) is 13.9 Å². The van der Waals surface area contributed by atoms with E-state index < -0.39 is 0 Å². The van der Waals surface area contributed by atoms with Gasteiger partial charge in [0.15, 0.2) is 0 Å². The third kappa shape index (κ3) is 4.29. The summed E-state index contributed by atoms with van der Waals surface area (Å²) in [5.74, 6) is 1.50. The molecule has 0 aliphatic carbocycles. The van der Waals surface area contributed by atoms with Gasteiger partial charge in [-0.1, -0.05) is 0 Å². The molecule has 0 bridgehead atoms. The Balaban J connectivity index is 1.66. The van der Waals surface area contributed by atoms with E-state index in [-0.39, 0.29) is 12.1 Å². The van der Waals surface area contributed by atoms with Gasteiger partial charge in [0.05, 0.1) is 26.0 Å². The lowest BCUT2D eigenvalue weighted by atomic mass is 10.2. The van der Waals surface area contributed by atoms with Crippen LogP contribution in [-0.4, -0.2) is 37.3 Å². The minimum Gasteiger partial charge on any atom is -0.497 e. The maximum atomic E-state index is 12.7. The molecule has 3 rings (SSSR count). The molecule has 6 heteroatoms. The fourth-order valence-corrected chi connectivity index (χ4v) is 2.72. The number of hydrogen-bond donors (Lipinski definition) is 1. The van der Waals surface area contributed by atoms with Gasteiger partial charge in [0, 0.05) is 18.8 Å². The van der Waals surface area contributed by atoms with Crippen molar-refractivity contribution in [2.24, 2.45) is 0 Å².